The number of sulfonamides is 1. The minimum absolute atomic E-state index is 0.00292. The molecule has 0 bridgehead atoms. The third-order valence-electron chi connectivity index (χ3n) is 3.81. The summed E-state index contributed by atoms with van der Waals surface area (Å²) >= 11 is 0. The van der Waals surface area contributed by atoms with E-state index in [4.69, 9.17) is 0 Å². The monoisotopic (exact) mass is 300 g/mol. The van der Waals surface area contributed by atoms with Crippen molar-refractivity contribution in [2.24, 2.45) is 5.92 Å². The van der Waals surface area contributed by atoms with E-state index in [0.29, 0.717) is 18.8 Å². The van der Waals surface area contributed by atoms with Crippen LogP contribution in [-0.4, -0.2) is 30.7 Å². The average Bonchev–Trinajstić information content (AvgIpc) is 2.38. The maximum absolute atomic E-state index is 12.3. The average molecular weight is 300 g/mol. The summed E-state index contributed by atoms with van der Waals surface area (Å²) in [6.07, 6.45) is 4.34. The van der Waals surface area contributed by atoms with Gasteiger partial charge in [-0.15, -0.1) is 0 Å². The number of rotatable bonds is 4. The first-order valence-corrected chi connectivity index (χ1v) is 8.19. The Kier molecular flexibility index (Phi) is 4.31. The topological polar surface area (TPSA) is 99.3 Å². The lowest BCUT2D eigenvalue weighted by molar-refractivity contribution is 0.119. The second kappa shape index (κ2) is 5.67. The summed E-state index contributed by atoms with van der Waals surface area (Å²) in [5.41, 5.74) is -1.15. The molecule has 2 unspecified atom stereocenters. The molecule has 1 fully saturated rings. The van der Waals surface area contributed by atoms with E-state index in [2.05, 4.69) is 16.6 Å². The summed E-state index contributed by atoms with van der Waals surface area (Å²) in [5.74, 6) is 0.370. The molecule has 0 saturated heterocycles. The fourth-order valence-electron chi connectivity index (χ4n) is 2.84. The minimum Gasteiger partial charge on any atom is -0.394 e. The highest BCUT2D eigenvalue weighted by Gasteiger charge is 2.38. The fourth-order valence-corrected chi connectivity index (χ4v) is 4.24. The van der Waals surface area contributed by atoms with Gasteiger partial charge in [-0.05, 0) is 24.8 Å². The molecule has 1 aromatic heterocycles. The number of hydrogen-bond donors (Lipinski definition) is 3. The number of hydrogen-bond acceptors (Lipinski definition) is 4. The highest BCUT2D eigenvalue weighted by molar-refractivity contribution is 7.89. The minimum atomic E-state index is -3.75. The van der Waals surface area contributed by atoms with Crippen LogP contribution in [0.2, 0.25) is 0 Å². The van der Waals surface area contributed by atoms with Crippen LogP contribution in [-0.2, 0) is 10.0 Å². The summed E-state index contributed by atoms with van der Waals surface area (Å²) in [4.78, 5) is 13.3. The molecule has 0 aromatic carbocycles. The van der Waals surface area contributed by atoms with E-state index in [0.717, 1.165) is 12.8 Å². The predicted molar refractivity (Wildman–Crippen MR) is 74.8 cm³/mol. The number of nitrogens with one attached hydrogen (secondary N) is 2. The third kappa shape index (κ3) is 3.28. The SMILES string of the molecule is CC1CCCC(CO)(NS(=O)(=O)c2ccc(=O)[nH]c2)C1. The molecule has 0 amide bonds. The van der Waals surface area contributed by atoms with Crippen molar-refractivity contribution in [3.05, 3.63) is 28.7 Å². The zero-order valence-corrected chi connectivity index (χ0v) is 12.2. The standard InChI is InChI=1S/C13H20N2O4S/c1-10-3-2-6-13(7-10,9-16)15-20(18,19)11-4-5-12(17)14-8-11/h4-5,8,10,15-16H,2-3,6-7,9H2,1H3,(H,14,17). The highest BCUT2D eigenvalue weighted by atomic mass is 32.2. The lowest BCUT2D eigenvalue weighted by atomic mass is 9.78. The van der Waals surface area contributed by atoms with E-state index in [9.17, 15) is 18.3 Å². The van der Waals surface area contributed by atoms with Gasteiger partial charge in [-0.25, -0.2) is 13.1 Å². The molecule has 3 N–H and O–H groups in total. The summed E-state index contributed by atoms with van der Waals surface area (Å²) in [6.45, 7) is 1.83. The van der Waals surface area contributed by atoms with Gasteiger partial charge < -0.3 is 10.1 Å². The van der Waals surface area contributed by atoms with Crippen LogP contribution in [0.25, 0.3) is 0 Å². The van der Waals surface area contributed by atoms with Gasteiger partial charge >= 0.3 is 0 Å². The van der Waals surface area contributed by atoms with Crippen LogP contribution in [0.1, 0.15) is 32.6 Å². The lowest BCUT2D eigenvalue weighted by Crippen LogP contribution is -2.53. The molecule has 1 aliphatic carbocycles. The Morgan fingerprint density at radius 3 is 2.80 bits per heavy atom. The second-order valence-corrected chi connectivity index (χ2v) is 7.32. The van der Waals surface area contributed by atoms with Crippen LogP contribution >= 0.6 is 0 Å². The Bertz CT molecular complexity index is 605. The summed E-state index contributed by atoms with van der Waals surface area (Å²) in [6, 6.07) is 2.43. The van der Waals surface area contributed by atoms with Gasteiger partial charge in [0.1, 0.15) is 0 Å². The van der Waals surface area contributed by atoms with Gasteiger partial charge in [-0.1, -0.05) is 19.8 Å². The van der Waals surface area contributed by atoms with Crippen LogP contribution in [0.15, 0.2) is 28.0 Å². The number of H-pyrrole nitrogens is 1. The summed E-state index contributed by atoms with van der Waals surface area (Å²) in [7, 11) is -3.75. The largest absolute Gasteiger partial charge is 0.394 e. The van der Waals surface area contributed by atoms with Gasteiger partial charge in [0, 0.05) is 12.3 Å². The van der Waals surface area contributed by atoms with Crippen molar-refractivity contribution in [3.8, 4) is 0 Å². The fraction of sp³-hybridized carbons (Fsp3) is 0.615. The van der Waals surface area contributed by atoms with Gasteiger partial charge in [-0.3, -0.25) is 4.79 Å². The van der Waals surface area contributed by atoms with E-state index >= 15 is 0 Å². The Morgan fingerprint density at radius 1 is 1.50 bits per heavy atom. The van der Waals surface area contributed by atoms with Crippen molar-refractivity contribution >= 4 is 10.0 Å². The van der Waals surface area contributed by atoms with Gasteiger partial charge in [0.15, 0.2) is 0 Å². The van der Waals surface area contributed by atoms with E-state index < -0.39 is 15.6 Å². The molecular weight excluding hydrogens is 280 g/mol. The number of aromatic amines is 1. The quantitative estimate of drug-likeness (QED) is 0.758. The molecule has 1 heterocycles. The molecule has 2 rings (SSSR count). The van der Waals surface area contributed by atoms with Crippen LogP contribution in [0.3, 0.4) is 0 Å². The van der Waals surface area contributed by atoms with Crippen molar-refractivity contribution < 1.29 is 13.5 Å². The lowest BCUT2D eigenvalue weighted by Gasteiger charge is -2.38. The van der Waals surface area contributed by atoms with Gasteiger partial charge in [-0.2, -0.15) is 0 Å². The Morgan fingerprint density at radius 2 is 2.25 bits per heavy atom. The van der Waals surface area contributed by atoms with Crippen LogP contribution in [0.4, 0.5) is 0 Å². The number of pyridine rings is 1. The molecule has 7 heteroatoms. The summed E-state index contributed by atoms with van der Waals surface area (Å²) < 4.78 is 27.3. The predicted octanol–water partition coefficient (Wildman–Crippen LogP) is 0.594. The molecule has 0 spiro atoms. The molecule has 0 radical (unpaired) electrons. The van der Waals surface area contributed by atoms with Crippen molar-refractivity contribution in [1.82, 2.24) is 9.71 Å². The Labute approximate surface area is 118 Å². The van der Waals surface area contributed by atoms with E-state index in [-0.39, 0.29) is 17.1 Å². The smallest absolute Gasteiger partial charge is 0.247 e. The zero-order valence-electron chi connectivity index (χ0n) is 11.4. The van der Waals surface area contributed by atoms with E-state index in [1.807, 2.05) is 0 Å². The summed E-state index contributed by atoms with van der Waals surface area (Å²) in [5, 5.41) is 9.63. The first-order valence-electron chi connectivity index (χ1n) is 6.70. The first kappa shape index (κ1) is 15.2. The van der Waals surface area contributed by atoms with Crippen molar-refractivity contribution in [2.45, 2.75) is 43.0 Å². The van der Waals surface area contributed by atoms with Gasteiger partial charge in [0.05, 0.1) is 17.0 Å². The first-order chi connectivity index (χ1) is 9.37. The van der Waals surface area contributed by atoms with Crippen LogP contribution in [0, 0.1) is 5.92 Å². The van der Waals surface area contributed by atoms with Crippen LogP contribution < -0.4 is 10.3 Å². The van der Waals surface area contributed by atoms with E-state index in [1.165, 1.54) is 18.3 Å². The second-order valence-electron chi connectivity index (χ2n) is 5.63. The molecule has 6 nitrogen and oxygen atoms in total. The maximum atomic E-state index is 12.3. The van der Waals surface area contributed by atoms with Gasteiger partial charge in [0.25, 0.3) is 0 Å². The molecule has 112 valence electrons. The van der Waals surface area contributed by atoms with Crippen LogP contribution in [0.5, 0.6) is 0 Å². The number of aliphatic hydroxyl groups is 1. The third-order valence-corrected chi connectivity index (χ3v) is 5.39. The normalized spacial score (nSPS) is 27.4. The molecule has 1 aromatic rings. The maximum Gasteiger partial charge on any atom is 0.247 e. The molecule has 1 aliphatic rings. The van der Waals surface area contributed by atoms with Crippen molar-refractivity contribution in [3.63, 3.8) is 0 Å². The number of aliphatic hydroxyl groups excluding tert-OH is 1. The Balaban J connectivity index is 2.26. The van der Waals surface area contributed by atoms with E-state index in [1.54, 1.807) is 0 Å². The molecule has 1 saturated carbocycles. The molecule has 2 atom stereocenters. The highest BCUT2D eigenvalue weighted by Crippen LogP contribution is 2.33. The molecule has 20 heavy (non-hydrogen) atoms. The Hall–Kier alpha value is -1.18. The van der Waals surface area contributed by atoms with Gasteiger partial charge in [0.2, 0.25) is 15.6 Å². The molecule has 0 aliphatic heterocycles. The number of aromatic nitrogens is 1. The zero-order chi connectivity index (χ0) is 14.8. The molecular formula is C13H20N2O4S. The van der Waals surface area contributed by atoms with Crippen molar-refractivity contribution in [1.29, 1.82) is 0 Å². The van der Waals surface area contributed by atoms with Crippen molar-refractivity contribution in [2.75, 3.05) is 6.61 Å².